The maximum atomic E-state index is 13.3. The Morgan fingerprint density at radius 2 is 1.79 bits per heavy atom. The first-order valence-electron chi connectivity index (χ1n) is 8.35. The Hall–Kier alpha value is -2.27. The summed E-state index contributed by atoms with van der Waals surface area (Å²) in [5.74, 6) is 0.957. The minimum Gasteiger partial charge on any atom is -0.338 e. The van der Waals surface area contributed by atoms with Gasteiger partial charge in [0.25, 0.3) is 5.91 Å². The van der Waals surface area contributed by atoms with E-state index in [0.717, 1.165) is 38.3 Å². The minimum absolute atomic E-state index is 0.100. The van der Waals surface area contributed by atoms with E-state index in [9.17, 15) is 9.18 Å². The summed E-state index contributed by atoms with van der Waals surface area (Å²) in [7, 11) is 0. The Bertz CT molecular complexity index is 722. The molecule has 124 valence electrons. The summed E-state index contributed by atoms with van der Waals surface area (Å²) in [5, 5.41) is 0. The first-order chi connectivity index (χ1) is 11.7. The largest absolute Gasteiger partial charge is 0.338 e. The van der Waals surface area contributed by atoms with Crippen molar-refractivity contribution >= 4 is 5.91 Å². The van der Waals surface area contributed by atoms with Crippen molar-refractivity contribution in [2.45, 2.75) is 6.54 Å². The lowest BCUT2D eigenvalue weighted by Gasteiger charge is -2.21. The molecular weight excluding hydrogens is 305 g/mol. The summed E-state index contributed by atoms with van der Waals surface area (Å²) in [5.41, 5.74) is 1.72. The molecule has 2 atom stereocenters. The second-order valence-corrected chi connectivity index (χ2v) is 6.79. The van der Waals surface area contributed by atoms with Gasteiger partial charge in [0.15, 0.2) is 0 Å². The van der Waals surface area contributed by atoms with Gasteiger partial charge >= 0.3 is 0 Å². The lowest BCUT2D eigenvalue weighted by Crippen LogP contribution is -2.33. The molecule has 0 saturated carbocycles. The maximum Gasteiger partial charge on any atom is 0.253 e. The Morgan fingerprint density at radius 3 is 2.46 bits per heavy atom. The van der Waals surface area contributed by atoms with Crippen molar-refractivity contribution < 1.29 is 9.18 Å². The molecule has 5 heteroatoms. The average Bonchev–Trinajstić information content (AvgIpc) is 3.13. The number of halogens is 1. The SMILES string of the molecule is O=C(c1ccncc1)N1C[C@@H]2CN(Cc3cccc(F)c3)C[C@H]2C1. The van der Waals surface area contributed by atoms with Gasteiger partial charge in [-0.25, -0.2) is 4.39 Å². The van der Waals surface area contributed by atoms with Crippen molar-refractivity contribution in [2.24, 2.45) is 11.8 Å². The van der Waals surface area contributed by atoms with Crippen LogP contribution < -0.4 is 0 Å². The van der Waals surface area contributed by atoms with Crippen LogP contribution in [0.1, 0.15) is 15.9 Å². The van der Waals surface area contributed by atoms with Crippen LogP contribution in [-0.4, -0.2) is 46.9 Å². The van der Waals surface area contributed by atoms with Gasteiger partial charge in [0.1, 0.15) is 5.82 Å². The number of carbonyl (C=O) groups excluding carboxylic acids is 1. The monoisotopic (exact) mass is 325 g/mol. The molecule has 0 spiro atoms. The van der Waals surface area contributed by atoms with Crippen LogP contribution in [0.25, 0.3) is 0 Å². The van der Waals surface area contributed by atoms with Gasteiger partial charge in [0, 0.05) is 50.7 Å². The van der Waals surface area contributed by atoms with E-state index in [2.05, 4.69) is 9.88 Å². The van der Waals surface area contributed by atoms with E-state index in [1.165, 1.54) is 6.07 Å². The predicted molar refractivity (Wildman–Crippen MR) is 88.8 cm³/mol. The van der Waals surface area contributed by atoms with E-state index in [4.69, 9.17) is 0 Å². The van der Waals surface area contributed by atoms with Gasteiger partial charge in [-0.2, -0.15) is 0 Å². The van der Waals surface area contributed by atoms with Crippen LogP contribution in [-0.2, 0) is 6.54 Å². The third-order valence-electron chi connectivity index (χ3n) is 5.07. The summed E-state index contributed by atoms with van der Waals surface area (Å²) in [6, 6.07) is 10.4. The van der Waals surface area contributed by atoms with Gasteiger partial charge < -0.3 is 4.90 Å². The fourth-order valence-electron chi connectivity index (χ4n) is 3.96. The predicted octanol–water partition coefficient (Wildman–Crippen LogP) is 2.42. The molecule has 1 aromatic heterocycles. The highest BCUT2D eigenvalue weighted by Gasteiger charge is 2.41. The molecule has 0 radical (unpaired) electrons. The van der Waals surface area contributed by atoms with Gasteiger partial charge in [0.05, 0.1) is 0 Å². The van der Waals surface area contributed by atoms with E-state index in [-0.39, 0.29) is 11.7 Å². The van der Waals surface area contributed by atoms with Crippen molar-refractivity contribution in [3.63, 3.8) is 0 Å². The number of carbonyl (C=O) groups is 1. The lowest BCUT2D eigenvalue weighted by atomic mass is 10.0. The standard InChI is InChI=1S/C19H20FN3O/c20-18-3-1-2-14(8-18)9-22-10-16-12-23(13-17(16)11-22)19(24)15-4-6-21-7-5-15/h1-8,16-17H,9-13H2/t16-,17-/m0/s1. The fourth-order valence-corrected chi connectivity index (χ4v) is 3.96. The van der Waals surface area contributed by atoms with Crippen molar-refractivity contribution in [1.82, 2.24) is 14.8 Å². The number of benzene rings is 1. The number of likely N-dealkylation sites (tertiary alicyclic amines) is 2. The summed E-state index contributed by atoms with van der Waals surface area (Å²) >= 11 is 0. The molecule has 0 aliphatic carbocycles. The maximum absolute atomic E-state index is 13.3. The Balaban J connectivity index is 1.36. The summed E-state index contributed by atoms with van der Waals surface area (Å²) in [6.07, 6.45) is 3.32. The number of nitrogens with zero attached hydrogens (tertiary/aromatic N) is 3. The van der Waals surface area contributed by atoms with Crippen LogP contribution in [0.2, 0.25) is 0 Å². The third-order valence-corrected chi connectivity index (χ3v) is 5.07. The van der Waals surface area contributed by atoms with Crippen LogP contribution >= 0.6 is 0 Å². The zero-order valence-corrected chi connectivity index (χ0v) is 13.4. The molecule has 0 unspecified atom stereocenters. The van der Waals surface area contributed by atoms with Crippen molar-refractivity contribution in [3.8, 4) is 0 Å². The number of hydrogen-bond donors (Lipinski definition) is 0. The highest BCUT2D eigenvalue weighted by atomic mass is 19.1. The topological polar surface area (TPSA) is 36.4 Å². The van der Waals surface area contributed by atoms with Crippen molar-refractivity contribution in [2.75, 3.05) is 26.2 Å². The highest BCUT2D eigenvalue weighted by Crippen LogP contribution is 2.32. The molecule has 1 amide bonds. The van der Waals surface area contributed by atoms with Crippen LogP contribution in [0.5, 0.6) is 0 Å². The normalized spacial score (nSPS) is 23.5. The summed E-state index contributed by atoms with van der Waals surface area (Å²) in [4.78, 5) is 20.8. The smallest absolute Gasteiger partial charge is 0.253 e. The van der Waals surface area contributed by atoms with Crippen molar-refractivity contribution in [1.29, 1.82) is 0 Å². The van der Waals surface area contributed by atoms with Crippen LogP contribution in [0.15, 0.2) is 48.8 Å². The lowest BCUT2D eigenvalue weighted by molar-refractivity contribution is 0.0773. The fraction of sp³-hybridized carbons (Fsp3) is 0.368. The summed E-state index contributed by atoms with van der Waals surface area (Å²) < 4.78 is 13.3. The second-order valence-electron chi connectivity index (χ2n) is 6.79. The number of rotatable bonds is 3. The van der Waals surface area contributed by atoms with E-state index in [0.29, 0.717) is 17.4 Å². The first-order valence-corrected chi connectivity index (χ1v) is 8.35. The van der Waals surface area contributed by atoms with Gasteiger partial charge in [-0.3, -0.25) is 14.7 Å². The minimum atomic E-state index is -0.180. The average molecular weight is 325 g/mol. The first kappa shape index (κ1) is 15.3. The van der Waals surface area contributed by atoms with Gasteiger partial charge in [-0.15, -0.1) is 0 Å². The number of fused-ring (bicyclic) bond motifs is 1. The highest BCUT2D eigenvalue weighted by molar-refractivity contribution is 5.94. The molecule has 1 aromatic carbocycles. The van der Waals surface area contributed by atoms with E-state index >= 15 is 0 Å². The Labute approximate surface area is 140 Å². The third kappa shape index (κ3) is 3.04. The van der Waals surface area contributed by atoms with Gasteiger partial charge in [0.2, 0.25) is 0 Å². The Kier molecular flexibility index (Phi) is 4.02. The summed E-state index contributed by atoms with van der Waals surface area (Å²) in [6.45, 7) is 4.35. The van der Waals surface area contributed by atoms with E-state index in [1.54, 1.807) is 36.7 Å². The molecular formula is C19H20FN3O. The number of amides is 1. The second kappa shape index (κ2) is 6.32. The van der Waals surface area contributed by atoms with Crippen LogP contribution in [0.3, 0.4) is 0 Å². The molecule has 2 aliphatic rings. The molecule has 0 N–H and O–H groups in total. The zero-order valence-electron chi connectivity index (χ0n) is 13.4. The molecule has 2 fully saturated rings. The molecule has 3 heterocycles. The molecule has 2 aromatic rings. The molecule has 0 bridgehead atoms. The van der Waals surface area contributed by atoms with E-state index in [1.807, 2.05) is 11.0 Å². The number of pyridine rings is 1. The van der Waals surface area contributed by atoms with Gasteiger partial charge in [-0.05, 0) is 41.7 Å². The number of hydrogen-bond acceptors (Lipinski definition) is 3. The Morgan fingerprint density at radius 1 is 1.08 bits per heavy atom. The zero-order chi connectivity index (χ0) is 16.5. The van der Waals surface area contributed by atoms with Crippen LogP contribution in [0.4, 0.5) is 4.39 Å². The molecule has 2 saturated heterocycles. The quantitative estimate of drug-likeness (QED) is 0.870. The molecule has 4 rings (SSSR count). The van der Waals surface area contributed by atoms with E-state index < -0.39 is 0 Å². The van der Waals surface area contributed by atoms with Gasteiger partial charge in [-0.1, -0.05) is 12.1 Å². The van der Waals surface area contributed by atoms with Crippen molar-refractivity contribution in [3.05, 3.63) is 65.7 Å². The molecule has 24 heavy (non-hydrogen) atoms. The number of aromatic nitrogens is 1. The molecule has 2 aliphatic heterocycles. The molecule has 4 nitrogen and oxygen atoms in total. The van der Waals surface area contributed by atoms with Crippen LogP contribution in [0, 0.1) is 17.7 Å².